The van der Waals surface area contributed by atoms with Gasteiger partial charge in [-0.3, -0.25) is 4.79 Å². The number of carbonyl (C=O) groups is 1. The molecule has 0 spiro atoms. The molecule has 0 heterocycles. The Kier molecular flexibility index (Phi) is 6.24. The first-order chi connectivity index (χ1) is 12.0. The van der Waals surface area contributed by atoms with Gasteiger partial charge in [0.1, 0.15) is 11.5 Å². The number of benzene rings is 2. The highest BCUT2D eigenvalue weighted by Crippen LogP contribution is 2.35. The Hall–Kier alpha value is -2.74. The molecule has 0 saturated carbocycles. The second kappa shape index (κ2) is 8.39. The Morgan fingerprint density at radius 2 is 2.08 bits per heavy atom. The van der Waals surface area contributed by atoms with E-state index in [9.17, 15) is 15.0 Å². The van der Waals surface area contributed by atoms with Crippen molar-refractivity contribution in [2.75, 3.05) is 13.7 Å². The maximum absolute atomic E-state index is 12.0. The van der Waals surface area contributed by atoms with E-state index >= 15 is 0 Å². The number of carbonyl (C=O) groups excluding carboxylic acids is 1. The summed E-state index contributed by atoms with van der Waals surface area (Å²) in [7, 11) is 1.46. The third-order valence-corrected chi connectivity index (χ3v) is 3.78. The van der Waals surface area contributed by atoms with Crippen molar-refractivity contribution in [3.8, 4) is 23.0 Å². The van der Waals surface area contributed by atoms with Gasteiger partial charge in [0.15, 0.2) is 11.5 Å². The number of amides is 1. The van der Waals surface area contributed by atoms with Gasteiger partial charge >= 0.3 is 0 Å². The van der Waals surface area contributed by atoms with E-state index in [0.29, 0.717) is 28.1 Å². The fraction of sp³-hybridized carbons (Fsp3) is 0.176. The van der Waals surface area contributed by atoms with Gasteiger partial charge in [-0.05, 0) is 52.7 Å². The largest absolute Gasteiger partial charge is 0.507 e. The van der Waals surface area contributed by atoms with Crippen LogP contribution in [0.5, 0.6) is 23.0 Å². The van der Waals surface area contributed by atoms with Gasteiger partial charge in [-0.25, -0.2) is 5.43 Å². The molecule has 0 radical (unpaired) electrons. The van der Waals surface area contributed by atoms with Gasteiger partial charge in [0.2, 0.25) is 0 Å². The third kappa shape index (κ3) is 4.63. The van der Waals surface area contributed by atoms with E-state index in [4.69, 9.17) is 9.47 Å². The summed E-state index contributed by atoms with van der Waals surface area (Å²) in [5.41, 5.74) is 3.00. The molecule has 1 amide bonds. The number of methoxy groups -OCH3 is 1. The lowest BCUT2D eigenvalue weighted by Crippen LogP contribution is -2.17. The fourth-order valence-corrected chi connectivity index (χ4v) is 2.45. The number of phenols is 2. The number of halogens is 1. The number of hydrazone groups is 1. The van der Waals surface area contributed by atoms with Crippen LogP contribution in [0.15, 0.2) is 39.9 Å². The van der Waals surface area contributed by atoms with Crippen LogP contribution in [-0.2, 0) is 0 Å². The van der Waals surface area contributed by atoms with Crippen molar-refractivity contribution in [2.24, 2.45) is 5.10 Å². The van der Waals surface area contributed by atoms with Crippen molar-refractivity contribution < 1.29 is 24.5 Å². The van der Waals surface area contributed by atoms with Crippen molar-refractivity contribution >= 4 is 28.1 Å². The summed E-state index contributed by atoms with van der Waals surface area (Å²) in [6.45, 7) is 2.20. The predicted molar refractivity (Wildman–Crippen MR) is 96.7 cm³/mol. The van der Waals surface area contributed by atoms with E-state index in [0.717, 1.165) is 0 Å². The minimum atomic E-state index is -0.570. The average molecular weight is 409 g/mol. The number of nitrogens with one attached hydrogen (secondary N) is 1. The Morgan fingerprint density at radius 1 is 1.32 bits per heavy atom. The van der Waals surface area contributed by atoms with Crippen LogP contribution in [0.3, 0.4) is 0 Å². The molecule has 2 rings (SSSR count). The van der Waals surface area contributed by atoms with Crippen LogP contribution in [0.2, 0.25) is 0 Å². The smallest absolute Gasteiger partial charge is 0.275 e. The van der Waals surface area contributed by atoms with Crippen LogP contribution < -0.4 is 14.9 Å². The van der Waals surface area contributed by atoms with Crippen LogP contribution in [0.25, 0.3) is 0 Å². The highest BCUT2D eigenvalue weighted by Gasteiger charge is 2.11. The van der Waals surface area contributed by atoms with Crippen LogP contribution in [0.4, 0.5) is 0 Å². The number of hydrogen-bond acceptors (Lipinski definition) is 6. The molecule has 2 aromatic carbocycles. The van der Waals surface area contributed by atoms with Crippen LogP contribution in [0.1, 0.15) is 22.8 Å². The van der Waals surface area contributed by atoms with Gasteiger partial charge in [0.25, 0.3) is 5.91 Å². The van der Waals surface area contributed by atoms with Gasteiger partial charge in [0, 0.05) is 6.07 Å². The minimum absolute atomic E-state index is 0.00816. The average Bonchev–Trinajstić information content (AvgIpc) is 2.59. The Labute approximate surface area is 153 Å². The number of aromatic hydroxyl groups is 2. The monoisotopic (exact) mass is 408 g/mol. The summed E-state index contributed by atoms with van der Waals surface area (Å²) in [6, 6.07) is 7.54. The van der Waals surface area contributed by atoms with Crippen molar-refractivity contribution in [2.45, 2.75) is 6.92 Å². The lowest BCUT2D eigenvalue weighted by Gasteiger charge is -2.08. The van der Waals surface area contributed by atoms with E-state index in [1.165, 1.54) is 25.5 Å². The van der Waals surface area contributed by atoms with Crippen molar-refractivity contribution in [1.82, 2.24) is 5.43 Å². The Bertz CT molecular complexity index is 808. The molecule has 2 aromatic rings. The van der Waals surface area contributed by atoms with Gasteiger partial charge in [-0.1, -0.05) is 0 Å². The Balaban J connectivity index is 2.11. The topological polar surface area (TPSA) is 100 Å². The second-order valence-corrected chi connectivity index (χ2v) is 5.72. The van der Waals surface area contributed by atoms with Crippen molar-refractivity contribution in [3.05, 3.63) is 45.9 Å². The summed E-state index contributed by atoms with van der Waals surface area (Å²) in [6.07, 6.45) is 1.39. The summed E-state index contributed by atoms with van der Waals surface area (Å²) < 4.78 is 10.7. The number of hydrogen-bond donors (Lipinski definition) is 3. The molecular weight excluding hydrogens is 392 g/mol. The molecule has 8 heteroatoms. The van der Waals surface area contributed by atoms with Crippen LogP contribution in [-0.4, -0.2) is 36.1 Å². The molecule has 0 aliphatic heterocycles. The van der Waals surface area contributed by atoms with Gasteiger partial charge < -0.3 is 19.7 Å². The lowest BCUT2D eigenvalue weighted by molar-refractivity contribution is 0.0952. The first-order valence-electron chi connectivity index (χ1n) is 7.32. The van der Waals surface area contributed by atoms with E-state index < -0.39 is 5.91 Å². The summed E-state index contributed by atoms with van der Waals surface area (Å²) in [5.74, 6) is -0.0454. The molecule has 0 saturated heterocycles. The normalized spacial score (nSPS) is 10.7. The quantitative estimate of drug-likeness (QED) is 0.503. The standard InChI is InChI=1S/C17H17BrN2O5/c1-3-25-15-7-10(6-13(18)16(15)22)9-19-20-17(23)12-5-4-11(24-2)8-14(12)21/h4-9,21-22H,3H2,1-2H3,(H,20,23)/b19-9-. The molecule has 0 unspecified atom stereocenters. The fourth-order valence-electron chi connectivity index (χ4n) is 1.99. The molecule has 0 bridgehead atoms. The third-order valence-electron chi connectivity index (χ3n) is 3.18. The number of nitrogens with zero attached hydrogens (tertiary/aromatic N) is 1. The molecule has 25 heavy (non-hydrogen) atoms. The zero-order valence-corrected chi connectivity index (χ0v) is 15.2. The molecule has 0 atom stereocenters. The molecular formula is C17H17BrN2O5. The van der Waals surface area contributed by atoms with Gasteiger partial charge in [-0.2, -0.15) is 5.10 Å². The van der Waals surface area contributed by atoms with Gasteiger partial charge in [-0.15, -0.1) is 0 Å². The number of rotatable bonds is 6. The summed E-state index contributed by atoms with van der Waals surface area (Å²) in [5, 5.41) is 23.5. The lowest BCUT2D eigenvalue weighted by atomic mass is 10.2. The first kappa shape index (κ1) is 18.6. The van der Waals surface area contributed by atoms with Crippen LogP contribution in [0, 0.1) is 0 Å². The molecule has 3 N–H and O–H groups in total. The van der Waals surface area contributed by atoms with E-state index in [1.807, 2.05) is 0 Å². The molecule has 132 valence electrons. The Morgan fingerprint density at radius 3 is 2.72 bits per heavy atom. The highest BCUT2D eigenvalue weighted by molar-refractivity contribution is 9.10. The van der Waals surface area contributed by atoms with E-state index in [2.05, 4.69) is 26.5 Å². The number of phenolic OH excluding ortho intramolecular Hbond substituents is 2. The number of ether oxygens (including phenoxy) is 2. The van der Waals surface area contributed by atoms with Crippen molar-refractivity contribution in [1.29, 1.82) is 0 Å². The molecule has 7 nitrogen and oxygen atoms in total. The summed E-state index contributed by atoms with van der Waals surface area (Å²) >= 11 is 3.22. The van der Waals surface area contributed by atoms with Gasteiger partial charge in [0.05, 0.1) is 30.0 Å². The first-order valence-corrected chi connectivity index (χ1v) is 8.11. The molecule has 0 aliphatic carbocycles. The summed E-state index contributed by atoms with van der Waals surface area (Å²) in [4.78, 5) is 12.0. The predicted octanol–water partition coefficient (Wildman–Crippen LogP) is 3.03. The molecule has 0 aliphatic rings. The van der Waals surface area contributed by atoms with E-state index in [1.54, 1.807) is 25.1 Å². The highest BCUT2D eigenvalue weighted by atomic mass is 79.9. The second-order valence-electron chi connectivity index (χ2n) is 4.86. The van der Waals surface area contributed by atoms with Crippen molar-refractivity contribution in [3.63, 3.8) is 0 Å². The molecule has 0 fully saturated rings. The molecule has 0 aromatic heterocycles. The maximum atomic E-state index is 12.0. The minimum Gasteiger partial charge on any atom is -0.507 e. The SMILES string of the molecule is CCOc1cc(/C=N\NC(=O)c2ccc(OC)cc2O)cc(Br)c1O. The maximum Gasteiger partial charge on any atom is 0.275 e. The van der Waals surface area contributed by atoms with E-state index in [-0.39, 0.29) is 17.1 Å². The van der Waals surface area contributed by atoms with Crippen LogP contribution >= 0.6 is 15.9 Å². The zero-order chi connectivity index (χ0) is 18.4. The zero-order valence-electron chi connectivity index (χ0n) is 13.6.